The minimum absolute atomic E-state index is 0.131. The molecule has 1 aromatic carbocycles. The second-order valence-electron chi connectivity index (χ2n) is 8.36. The van der Waals surface area contributed by atoms with E-state index in [1.165, 1.54) is 12.3 Å². The summed E-state index contributed by atoms with van der Waals surface area (Å²) in [5.41, 5.74) is 1.17. The first-order chi connectivity index (χ1) is 16.5. The van der Waals surface area contributed by atoms with E-state index in [0.717, 1.165) is 30.9 Å². The zero-order chi connectivity index (χ0) is 23.3. The number of anilines is 2. The molecule has 10 nitrogen and oxygen atoms in total. The summed E-state index contributed by atoms with van der Waals surface area (Å²) in [4.78, 5) is 10.5. The minimum Gasteiger partial charge on any atom is -0.402 e. The van der Waals surface area contributed by atoms with E-state index in [2.05, 4.69) is 45.8 Å². The van der Waals surface area contributed by atoms with Crippen molar-refractivity contribution >= 4 is 12.0 Å². The Morgan fingerprint density at radius 2 is 2.00 bits per heavy atom. The monoisotopic (exact) mass is 469 g/mol. The number of fused-ring (bicyclic) bond motifs is 1. The Balaban J connectivity index is 1.10. The topological polar surface area (TPSA) is 122 Å². The average Bonchev–Trinajstić information content (AvgIpc) is 3.37. The van der Waals surface area contributed by atoms with Crippen LogP contribution in [-0.2, 0) is 12.7 Å². The van der Waals surface area contributed by atoms with E-state index in [4.69, 9.17) is 4.42 Å². The highest BCUT2D eigenvalue weighted by atomic mass is 19.4. The third kappa shape index (κ3) is 3.82. The summed E-state index contributed by atoms with van der Waals surface area (Å²) in [7, 11) is 0. The number of H-pyrrole nitrogens is 1. The Hall–Kier alpha value is -4.03. The van der Waals surface area contributed by atoms with Crippen LogP contribution in [0.5, 0.6) is 0 Å². The molecule has 2 fully saturated rings. The molecule has 0 spiro atoms. The normalized spacial score (nSPS) is 21.5. The molecule has 0 radical (unpaired) electrons. The van der Waals surface area contributed by atoms with Gasteiger partial charge in [-0.2, -0.15) is 28.6 Å². The number of aromatic nitrogens is 7. The van der Waals surface area contributed by atoms with E-state index in [1.54, 1.807) is 18.3 Å². The van der Waals surface area contributed by atoms with E-state index < -0.39 is 11.7 Å². The van der Waals surface area contributed by atoms with Crippen molar-refractivity contribution in [3.05, 3.63) is 59.5 Å². The van der Waals surface area contributed by atoms with Gasteiger partial charge in [-0.15, -0.1) is 5.10 Å². The molecular formula is C21H18F3N9O. The highest BCUT2D eigenvalue weighted by Crippen LogP contribution is 2.58. The van der Waals surface area contributed by atoms with Crippen LogP contribution in [-0.4, -0.2) is 48.7 Å². The first-order valence-electron chi connectivity index (χ1n) is 10.6. The van der Waals surface area contributed by atoms with Crippen molar-refractivity contribution in [2.24, 2.45) is 11.8 Å². The zero-order valence-electron chi connectivity index (χ0n) is 17.6. The number of nitrogens with zero attached hydrogens (tertiary/aromatic N) is 7. The number of nitrogens with one attached hydrogen (secondary N) is 2. The van der Waals surface area contributed by atoms with Crippen molar-refractivity contribution in [3.63, 3.8) is 0 Å². The molecule has 1 saturated heterocycles. The van der Waals surface area contributed by atoms with Crippen molar-refractivity contribution in [2.45, 2.75) is 18.6 Å². The van der Waals surface area contributed by atoms with Gasteiger partial charge in [0.05, 0.1) is 17.5 Å². The third-order valence-electron chi connectivity index (χ3n) is 6.23. The first-order valence-corrected chi connectivity index (χ1v) is 10.6. The van der Waals surface area contributed by atoms with Gasteiger partial charge < -0.3 is 14.6 Å². The summed E-state index contributed by atoms with van der Waals surface area (Å²) in [6.45, 7) is 1.74. The predicted octanol–water partition coefficient (Wildman–Crippen LogP) is 3.13. The summed E-state index contributed by atoms with van der Waals surface area (Å²) in [5.74, 6) is 1.89. The molecule has 4 heterocycles. The van der Waals surface area contributed by atoms with E-state index in [0.29, 0.717) is 35.0 Å². The van der Waals surface area contributed by atoms with E-state index >= 15 is 0 Å². The Bertz CT molecular complexity index is 1290. The van der Waals surface area contributed by atoms with Gasteiger partial charge in [-0.3, -0.25) is 0 Å². The lowest BCUT2D eigenvalue weighted by atomic mass is 10.1. The van der Waals surface area contributed by atoms with Gasteiger partial charge in [-0.05, 0) is 35.6 Å². The maximum atomic E-state index is 12.9. The number of alkyl halides is 3. The number of hydrogen-bond donors (Lipinski definition) is 2. The van der Waals surface area contributed by atoms with Crippen molar-refractivity contribution in [1.82, 2.24) is 35.6 Å². The van der Waals surface area contributed by atoms with Crippen LogP contribution in [0.15, 0.2) is 47.1 Å². The van der Waals surface area contributed by atoms with Gasteiger partial charge in [0, 0.05) is 31.7 Å². The van der Waals surface area contributed by atoms with Crippen molar-refractivity contribution in [1.29, 1.82) is 0 Å². The SMILES string of the molecule is FC(F)(F)c1cccc(CNc2nccc(-c3nnc(N4CC5C(C4)C5c4cn[nH]n4)o3)n2)c1. The molecule has 3 aromatic heterocycles. The molecule has 6 rings (SSSR count). The summed E-state index contributed by atoms with van der Waals surface area (Å²) < 4.78 is 44.6. The fraction of sp³-hybridized carbons (Fsp3) is 0.333. The highest BCUT2D eigenvalue weighted by Gasteiger charge is 2.58. The van der Waals surface area contributed by atoms with Crippen molar-refractivity contribution in [2.75, 3.05) is 23.3 Å². The van der Waals surface area contributed by atoms with Gasteiger partial charge >= 0.3 is 12.2 Å². The Morgan fingerprint density at radius 1 is 1.15 bits per heavy atom. The summed E-state index contributed by atoms with van der Waals surface area (Å²) in [6, 6.07) is 7.16. The minimum atomic E-state index is -4.39. The van der Waals surface area contributed by atoms with E-state index in [9.17, 15) is 13.2 Å². The molecule has 1 aliphatic carbocycles. The van der Waals surface area contributed by atoms with Gasteiger partial charge in [0.1, 0.15) is 5.69 Å². The van der Waals surface area contributed by atoms with Crippen LogP contribution in [0.3, 0.4) is 0 Å². The van der Waals surface area contributed by atoms with Crippen LogP contribution < -0.4 is 10.2 Å². The van der Waals surface area contributed by atoms with Crippen LogP contribution in [0.4, 0.5) is 25.1 Å². The highest BCUT2D eigenvalue weighted by molar-refractivity contribution is 5.50. The molecule has 174 valence electrons. The molecule has 2 aliphatic rings. The third-order valence-corrected chi connectivity index (χ3v) is 6.23. The zero-order valence-corrected chi connectivity index (χ0v) is 17.6. The number of halogens is 3. The van der Waals surface area contributed by atoms with Crippen LogP contribution in [0.2, 0.25) is 0 Å². The molecule has 2 unspecified atom stereocenters. The van der Waals surface area contributed by atoms with Crippen molar-refractivity contribution in [3.8, 4) is 11.6 Å². The van der Waals surface area contributed by atoms with Crippen LogP contribution in [0, 0.1) is 11.8 Å². The molecule has 0 amide bonds. The number of hydrogen-bond acceptors (Lipinski definition) is 9. The standard InChI is InChI=1S/C21H18F3N9O/c22-21(23,24)12-3-1-2-11(6-12)7-26-19-25-5-4-15(28-19)18-30-31-20(34-18)33-9-13-14(10-33)17(13)16-8-27-32-29-16/h1-6,8,13-14,17H,7,9-10H2,(H,25,26,28)(H,27,29,32). The fourth-order valence-corrected chi connectivity index (χ4v) is 4.54. The number of benzene rings is 1. The number of piperidine rings is 1. The van der Waals surface area contributed by atoms with E-state index in [-0.39, 0.29) is 18.4 Å². The Morgan fingerprint density at radius 3 is 2.76 bits per heavy atom. The predicted molar refractivity (Wildman–Crippen MR) is 112 cm³/mol. The summed E-state index contributed by atoms with van der Waals surface area (Å²) in [5, 5.41) is 21.9. The maximum Gasteiger partial charge on any atom is 0.416 e. The average molecular weight is 469 g/mol. The van der Waals surface area contributed by atoms with Gasteiger partial charge in [0.25, 0.3) is 5.89 Å². The van der Waals surface area contributed by atoms with Crippen molar-refractivity contribution < 1.29 is 17.6 Å². The lowest BCUT2D eigenvalue weighted by Crippen LogP contribution is -2.23. The molecule has 2 N–H and O–H groups in total. The lowest BCUT2D eigenvalue weighted by molar-refractivity contribution is -0.137. The van der Waals surface area contributed by atoms with E-state index in [1.807, 2.05) is 0 Å². The smallest absolute Gasteiger partial charge is 0.402 e. The molecule has 2 atom stereocenters. The number of aromatic amines is 1. The largest absolute Gasteiger partial charge is 0.416 e. The second-order valence-corrected chi connectivity index (χ2v) is 8.36. The molecule has 1 saturated carbocycles. The molecule has 13 heteroatoms. The quantitative estimate of drug-likeness (QED) is 0.439. The summed E-state index contributed by atoms with van der Waals surface area (Å²) in [6.07, 6.45) is -1.10. The first kappa shape index (κ1) is 20.6. The summed E-state index contributed by atoms with van der Waals surface area (Å²) >= 11 is 0. The number of rotatable bonds is 6. The van der Waals surface area contributed by atoms with Crippen LogP contribution >= 0.6 is 0 Å². The molecule has 4 aromatic rings. The molecule has 1 aliphatic heterocycles. The second kappa shape index (κ2) is 7.78. The fourth-order valence-electron chi connectivity index (χ4n) is 4.54. The van der Waals surface area contributed by atoms with Gasteiger partial charge in [-0.1, -0.05) is 17.2 Å². The lowest BCUT2D eigenvalue weighted by Gasteiger charge is -2.15. The molecular weight excluding hydrogens is 451 g/mol. The molecule has 0 bridgehead atoms. The Kier molecular flexibility index (Phi) is 4.71. The maximum absolute atomic E-state index is 12.9. The van der Waals surface area contributed by atoms with Gasteiger partial charge in [-0.25, -0.2) is 9.97 Å². The van der Waals surface area contributed by atoms with Gasteiger partial charge in [0.2, 0.25) is 5.95 Å². The molecule has 34 heavy (non-hydrogen) atoms. The Labute approximate surface area is 190 Å². The van der Waals surface area contributed by atoms with Crippen LogP contribution in [0.25, 0.3) is 11.6 Å². The van der Waals surface area contributed by atoms with Gasteiger partial charge in [0.15, 0.2) is 0 Å². The van der Waals surface area contributed by atoms with Crippen LogP contribution in [0.1, 0.15) is 22.7 Å².